The number of amides is 1. The fraction of sp³-hybridized carbons (Fsp3) is 0.280. The molecule has 6 rings (SSSR count). The van der Waals surface area contributed by atoms with Crippen LogP contribution in [0, 0.1) is 0 Å². The zero-order chi connectivity index (χ0) is 26.8. The lowest BCUT2D eigenvalue weighted by Crippen LogP contribution is -2.34. The van der Waals surface area contributed by atoms with Crippen LogP contribution >= 0.6 is 0 Å². The van der Waals surface area contributed by atoms with Gasteiger partial charge in [0.15, 0.2) is 5.78 Å². The van der Waals surface area contributed by atoms with Gasteiger partial charge in [0.1, 0.15) is 27.1 Å². The lowest BCUT2D eigenvalue weighted by molar-refractivity contribution is 0.0950. The number of carbonyl (C=O) groups is 2. The third kappa shape index (κ3) is 4.97. The van der Waals surface area contributed by atoms with Crippen molar-refractivity contribution in [2.45, 2.75) is 12.5 Å². The molecule has 0 saturated heterocycles. The average molecular weight is 506 g/mol. The molecular weight excluding hydrogens is 482 g/mol. The predicted molar refractivity (Wildman–Crippen MR) is 143 cm³/mol. The van der Waals surface area contributed by atoms with Crippen LogP contribution in [0.2, 0.25) is 0 Å². The number of nitrogens with zero attached hydrogens (tertiary/aromatic N) is 7. The number of aryl methyl sites for hydroxylation is 2. The maximum Gasteiger partial charge on any atom is 0.278 e. The molecule has 11 nitrogen and oxygen atoms in total. The largest absolute Gasteiger partial charge is 0.384 e. The Kier molecular flexibility index (Phi) is 7.10. The molecule has 2 aromatic heterocycles. The molecule has 0 spiro atoms. The maximum absolute atomic E-state index is 12.6. The Morgan fingerprint density at radius 2 is 1.66 bits per heavy atom. The minimum absolute atomic E-state index is 0.0264. The molecule has 4 radical (unpaired) electrons. The molecular formula is C25H24B2N8O3. The summed E-state index contributed by atoms with van der Waals surface area (Å²) in [5.74, 6) is -0.314. The molecule has 4 aromatic rings. The molecule has 0 aliphatic carbocycles. The Morgan fingerprint density at radius 3 is 2.37 bits per heavy atom. The number of ether oxygens (including phenoxy) is 1. The zero-order valence-corrected chi connectivity index (χ0v) is 21.0. The lowest BCUT2D eigenvalue weighted by atomic mass is 9.90. The average Bonchev–Trinajstić information content (AvgIpc) is 3.60. The summed E-state index contributed by atoms with van der Waals surface area (Å²) in [6.07, 6.45) is 2.96. The maximum atomic E-state index is 12.6. The third-order valence-corrected chi connectivity index (χ3v) is 6.52. The Balaban J connectivity index is 0.000000156. The summed E-state index contributed by atoms with van der Waals surface area (Å²) in [5, 5.41) is 18.3. The Labute approximate surface area is 222 Å². The van der Waals surface area contributed by atoms with Gasteiger partial charge in [0.05, 0.1) is 31.5 Å². The van der Waals surface area contributed by atoms with Gasteiger partial charge in [-0.1, -0.05) is 45.6 Å². The number of fused-ring (bicyclic) bond motifs is 2. The standard InChI is InChI=1S/C13H13BN4O2.C12H11BN4O/c1-17-12(7-15-16-17)13(19)18-4-5-20-8-9-6-10(14)2-3-11(9)18;1-17-11(6-15-16-17)12(18)9-5-14-10-4-7(13)2-3-8(9)10/h2-3,6-7H,4-5,8H2,1H3;2-4,6,9,14H,5H2,1H3. The molecule has 1 amide bonds. The van der Waals surface area contributed by atoms with E-state index in [0.717, 1.165) is 22.5 Å². The first-order chi connectivity index (χ1) is 18.3. The number of ketones is 1. The van der Waals surface area contributed by atoms with Gasteiger partial charge in [-0.3, -0.25) is 9.59 Å². The van der Waals surface area contributed by atoms with Crippen LogP contribution in [-0.4, -0.2) is 77.1 Å². The summed E-state index contributed by atoms with van der Waals surface area (Å²) in [6, 6.07) is 11.0. The predicted octanol–water partition coefficient (Wildman–Crippen LogP) is -0.213. The van der Waals surface area contributed by atoms with Crippen molar-refractivity contribution in [3.05, 3.63) is 71.3 Å². The molecule has 38 heavy (non-hydrogen) atoms. The molecule has 188 valence electrons. The summed E-state index contributed by atoms with van der Waals surface area (Å²) >= 11 is 0. The molecule has 0 saturated carbocycles. The van der Waals surface area contributed by atoms with E-state index in [4.69, 9.17) is 20.4 Å². The SMILES string of the molecule is [B]c1ccc2c(c1)COCCN2C(=O)c1cnnn1C.[B]c1ccc2c(c1)NCC2C(=O)c1cnnn1C. The van der Waals surface area contributed by atoms with Crippen LogP contribution in [0.1, 0.15) is 38.0 Å². The number of carbonyl (C=O) groups excluding carboxylic acids is 2. The second-order valence-electron chi connectivity index (χ2n) is 9.03. The number of rotatable bonds is 3. The molecule has 2 aliphatic rings. The van der Waals surface area contributed by atoms with E-state index in [0.29, 0.717) is 48.6 Å². The summed E-state index contributed by atoms with van der Waals surface area (Å²) < 4.78 is 8.48. The first-order valence-electron chi connectivity index (χ1n) is 12.0. The second kappa shape index (κ2) is 10.6. The molecule has 2 aromatic carbocycles. The highest BCUT2D eigenvalue weighted by Gasteiger charge is 2.31. The number of hydrogen-bond acceptors (Lipinski definition) is 8. The van der Waals surface area contributed by atoms with E-state index in [1.54, 1.807) is 25.1 Å². The molecule has 0 bridgehead atoms. The van der Waals surface area contributed by atoms with Gasteiger partial charge >= 0.3 is 0 Å². The first kappa shape index (κ1) is 25.4. The minimum atomic E-state index is -0.196. The van der Waals surface area contributed by atoms with Crippen molar-refractivity contribution in [1.29, 1.82) is 0 Å². The second-order valence-corrected chi connectivity index (χ2v) is 9.03. The highest BCUT2D eigenvalue weighted by atomic mass is 16.5. The molecule has 0 fully saturated rings. The van der Waals surface area contributed by atoms with Gasteiger partial charge in [0, 0.05) is 44.1 Å². The smallest absolute Gasteiger partial charge is 0.278 e. The topological polar surface area (TPSA) is 120 Å². The fourth-order valence-electron chi connectivity index (χ4n) is 4.55. The lowest BCUT2D eigenvalue weighted by Gasteiger charge is -2.22. The van der Waals surface area contributed by atoms with Crippen LogP contribution in [0.5, 0.6) is 0 Å². The van der Waals surface area contributed by atoms with Crippen LogP contribution in [0.15, 0.2) is 48.8 Å². The van der Waals surface area contributed by atoms with Crippen LogP contribution in [0.4, 0.5) is 11.4 Å². The van der Waals surface area contributed by atoms with Crippen molar-refractivity contribution in [2.24, 2.45) is 14.1 Å². The van der Waals surface area contributed by atoms with Crippen molar-refractivity contribution in [2.75, 3.05) is 29.9 Å². The van der Waals surface area contributed by atoms with Crippen molar-refractivity contribution >= 4 is 49.7 Å². The Hall–Kier alpha value is -4.25. The normalized spacial score (nSPS) is 15.9. The number of anilines is 2. The van der Waals surface area contributed by atoms with Gasteiger partial charge in [0.2, 0.25) is 0 Å². The van der Waals surface area contributed by atoms with E-state index in [1.807, 2.05) is 30.3 Å². The minimum Gasteiger partial charge on any atom is -0.384 e. The number of nitrogens with one attached hydrogen (secondary N) is 1. The van der Waals surface area contributed by atoms with Crippen LogP contribution in [-0.2, 0) is 25.4 Å². The van der Waals surface area contributed by atoms with Gasteiger partial charge in [0.25, 0.3) is 5.91 Å². The molecule has 1 N–H and O–H groups in total. The first-order valence-corrected chi connectivity index (χ1v) is 12.0. The Morgan fingerprint density at radius 1 is 0.974 bits per heavy atom. The van der Waals surface area contributed by atoms with Crippen molar-refractivity contribution < 1.29 is 14.3 Å². The summed E-state index contributed by atoms with van der Waals surface area (Å²) in [6.45, 7) is 2.00. The number of benzene rings is 2. The van der Waals surface area contributed by atoms with E-state index >= 15 is 0 Å². The zero-order valence-electron chi connectivity index (χ0n) is 21.0. The summed E-state index contributed by atoms with van der Waals surface area (Å²) in [5.41, 5.74) is 5.95. The van der Waals surface area contributed by atoms with Gasteiger partial charge in [-0.15, -0.1) is 10.2 Å². The summed E-state index contributed by atoms with van der Waals surface area (Å²) in [7, 11) is 14.9. The van der Waals surface area contributed by atoms with E-state index in [9.17, 15) is 9.59 Å². The van der Waals surface area contributed by atoms with E-state index < -0.39 is 0 Å². The highest BCUT2D eigenvalue weighted by Crippen LogP contribution is 2.32. The van der Waals surface area contributed by atoms with Crippen LogP contribution < -0.4 is 21.1 Å². The number of Topliss-reactive ketones (excluding diaryl/α,β-unsaturated/α-hetero) is 1. The molecule has 13 heteroatoms. The molecule has 1 atom stereocenters. The third-order valence-electron chi connectivity index (χ3n) is 6.52. The van der Waals surface area contributed by atoms with Crippen LogP contribution in [0.25, 0.3) is 0 Å². The number of aromatic nitrogens is 6. The monoisotopic (exact) mass is 506 g/mol. The van der Waals surface area contributed by atoms with Gasteiger partial charge in [-0.05, 0) is 17.7 Å². The van der Waals surface area contributed by atoms with E-state index in [2.05, 4.69) is 25.9 Å². The van der Waals surface area contributed by atoms with Gasteiger partial charge < -0.3 is 15.0 Å². The Bertz CT molecular complexity index is 1500. The van der Waals surface area contributed by atoms with E-state index in [-0.39, 0.29) is 17.6 Å². The molecule has 1 unspecified atom stereocenters. The fourth-order valence-corrected chi connectivity index (χ4v) is 4.55. The number of hydrogen-bond donors (Lipinski definition) is 1. The highest BCUT2D eigenvalue weighted by molar-refractivity contribution is 6.33. The van der Waals surface area contributed by atoms with Gasteiger partial charge in [-0.25, -0.2) is 9.36 Å². The van der Waals surface area contributed by atoms with Crippen molar-refractivity contribution in [3.8, 4) is 0 Å². The summed E-state index contributed by atoms with van der Waals surface area (Å²) in [4.78, 5) is 26.7. The van der Waals surface area contributed by atoms with E-state index in [1.165, 1.54) is 21.8 Å². The molecule has 4 heterocycles. The van der Waals surface area contributed by atoms with Crippen LogP contribution in [0.3, 0.4) is 0 Å². The molecule has 2 aliphatic heterocycles. The van der Waals surface area contributed by atoms with Crippen molar-refractivity contribution in [1.82, 2.24) is 30.0 Å². The quantitative estimate of drug-likeness (QED) is 0.300. The van der Waals surface area contributed by atoms with Crippen molar-refractivity contribution in [3.63, 3.8) is 0 Å². The van der Waals surface area contributed by atoms with Gasteiger partial charge in [-0.2, -0.15) is 0 Å².